The molecule has 1 saturated heterocycles. The van der Waals surface area contributed by atoms with Gasteiger partial charge in [0.25, 0.3) is 0 Å². The summed E-state index contributed by atoms with van der Waals surface area (Å²) in [7, 11) is 0. The summed E-state index contributed by atoms with van der Waals surface area (Å²) in [5, 5.41) is 15.4. The van der Waals surface area contributed by atoms with Crippen molar-refractivity contribution in [1.29, 1.82) is 0 Å². The van der Waals surface area contributed by atoms with E-state index in [1.807, 2.05) is 24.3 Å². The third kappa shape index (κ3) is 4.02. The maximum atomic E-state index is 11.9. The minimum Gasteiger partial charge on any atom is -0.389 e. The van der Waals surface area contributed by atoms with Crippen molar-refractivity contribution in [3.05, 3.63) is 35.4 Å². The average Bonchev–Trinajstić information content (AvgIpc) is 2.46. The molecule has 2 rings (SSSR count). The normalized spacial score (nSPS) is 20.8. The molecule has 3 N–H and O–H groups in total. The highest BCUT2D eigenvalue weighted by Gasteiger charge is 2.20. The molecule has 0 aromatic heterocycles. The van der Waals surface area contributed by atoms with E-state index in [2.05, 4.69) is 10.6 Å². The zero-order valence-corrected chi connectivity index (χ0v) is 11.1. The number of aliphatic hydroxyl groups is 1. The molecule has 19 heavy (non-hydrogen) atoms. The molecular weight excluding hydrogens is 244 g/mol. The van der Waals surface area contributed by atoms with Crippen molar-refractivity contribution in [1.82, 2.24) is 10.6 Å². The molecule has 0 aliphatic carbocycles. The highest BCUT2D eigenvalue weighted by Crippen LogP contribution is 2.12. The lowest BCUT2D eigenvalue weighted by molar-refractivity contribution is -0.126. The minimum atomic E-state index is -0.466. The lowest BCUT2D eigenvalue weighted by Gasteiger charge is -2.22. The van der Waals surface area contributed by atoms with E-state index in [1.54, 1.807) is 6.92 Å². The molecule has 0 spiro atoms. The van der Waals surface area contributed by atoms with Gasteiger partial charge in [0.1, 0.15) is 6.04 Å². The van der Waals surface area contributed by atoms with Crippen LogP contribution < -0.4 is 10.6 Å². The Morgan fingerprint density at radius 1 is 1.53 bits per heavy atom. The van der Waals surface area contributed by atoms with Gasteiger partial charge in [0, 0.05) is 13.1 Å². The van der Waals surface area contributed by atoms with Gasteiger partial charge in [-0.3, -0.25) is 4.79 Å². The SMILES string of the molecule is CC(O)c1ccc(CNC(=O)C2COCCN2)cc1. The molecule has 2 atom stereocenters. The molecule has 1 aromatic rings. The van der Waals surface area contributed by atoms with Crippen molar-refractivity contribution in [3.63, 3.8) is 0 Å². The molecule has 0 saturated carbocycles. The Balaban J connectivity index is 1.82. The van der Waals surface area contributed by atoms with Crippen LogP contribution >= 0.6 is 0 Å². The molecule has 0 bridgehead atoms. The molecule has 1 aromatic carbocycles. The van der Waals surface area contributed by atoms with E-state index in [0.29, 0.717) is 26.3 Å². The number of rotatable bonds is 4. The van der Waals surface area contributed by atoms with E-state index >= 15 is 0 Å². The summed E-state index contributed by atoms with van der Waals surface area (Å²) in [6.07, 6.45) is -0.466. The molecule has 1 heterocycles. The van der Waals surface area contributed by atoms with Crippen LogP contribution in [-0.4, -0.2) is 36.8 Å². The Bertz CT molecular complexity index is 411. The maximum Gasteiger partial charge on any atom is 0.239 e. The predicted molar refractivity (Wildman–Crippen MR) is 71.5 cm³/mol. The highest BCUT2D eigenvalue weighted by atomic mass is 16.5. The van der Waals surface area contributed by atoms with Crippen LogP contribution in [0.15, 0.2) is 24.3 Å². The summed E-state index contributed by atoms with van der Waals surface area (Å²) in [5.74, 6) is -0.0423. The lowest BCUT2D eigenvalue weighted by atomic mass is 10.1. The zero-order valence-electron chi connectivity index (χ0n) is 11.1. The smallest absolute Gasteiger partial charge is 0.239 e. The van der Waals surface area contributed by atoms with Crippen molar-refractivity contribution in [3.8, 4) is 0 Å². The van der Waals surface area contributed by atoms with Crippen LogP contribution in [0.2, 0.25) is 0 Å². The molecular formula is C14H20N2O3. The summed E-state index contributed by atoms with van der Waals surface area (Å²) < 4.78 is 5.25. The van der Waals surface area contributed by atoms with Crippen LogP contribution in [0.5, 0.6) is 0 Å². The average molecular weight is 264 g/mol. The van der Waals surface area contributed by atoms with E-state index in [1.165, 1.54) is 0 Å². The van der Waals surface area contributed by atoms with Gasteiger partial charge in [0.05, 0.1) is 19.3 Å². The number of aliphatic hydroxyl groups excluding tert-OH is 1. The van der Waals surface area contributed by atoms with Crippen LogP contribution in [-0.2, 0) is 16.1 Å². The first-order valence-corrected chi connectivity index (χ1v) is 6.52. The third-order valence-electron chi connectivity index (χ3n) is 3.17. The van der Waals surface area contributed by atoms with Crippen LogP contribution in [0.25, 0.3) is 0 Å². The van der Waals surface area contributed by atoms with Gasteiger partial charge in [0.2, 0.25) is 5.91 Å². The van der Waals surface area contributed by atoms with Gasteiger partial charge >= 0.3 is 0 Å². The van der Waals surface area contributed by atoms with E-state index < -0.39 is 6.10 Å². The zero-order chi connectivity index (χ0) is 13.7. The molecule has 2 unspecified atom stereocenters. The van der Waals surface area contributed by atoms with Gasteiger partial charge < -0.3 is 20.5 Å². The molecule has 104 valence electrons. The number of hydrogen-bond acceptors (Lipinski definition) is 4. The number of hydrogen-bond donors (Lipinski definition) is 3. The standard InChI is InChI=1S/C14H20N2O3/c1-10(17)12-4-2-11(3-5-12)8-16-14(18)13-9-19-7-6-15-13/h2-5,10,13,15,17H,6-9H2,1H3,(H,16,18). The summed E-state index contributed by atoms with van der Waals surface area (Å²) in [5.41, 5.74) is 1.88. The van der Waals surface area contributed by atoms with Gasteiger partial charge in [-0.15, -0.1) is 0 Å². The van der Waals surface area contributed by atoms with Crippen molar-refractivity contribution in [2.75, 3.05) is 19.8 Å². The van der Waals surface area contributed by atoms with Crippen LogP contribution in [0.4, 0.5) is 0 Å². The van der Waals surface area contributed by atoms with Gasteiger partial charge in [-0.1, -0.05) is 24.3 Å². The largest absolute Gasteiger partial charge is 0.389 e. The number of carbonyl (C=O) groups excluding carboxylic acids is 1. The third-order valence-corrected chi connectivity index (χ3v) is 3.17. The van der Waals surface area contributed by atoms with E-state index in [9.17, 15) is 9.90 Å². The number of morpholine rings is 1. The monoisotopic (exact) mass is 264 g/mol. The fourth-order valence-electron chi connectivity index (χ4n) is 1.96. The van der Waals surface area contributed by atoms with E-state index in [4.69, 9.17) is 4.74 Å². The molecule has 1 aliphatic heterocycles. The van der Waals surface area contributed by atoms with E-state index in [-0.39, 0.29) is 11.9 Å². The number of carbonyl (C=O) groups is 1. The van der Waals surface area contributed by atoms with E-state index in [0.717, 1.165) is 11.1 Å². The number of ether oxygens (including phenoxy) is 1. The van der Waals surface area contributed by atoms with Gasteiger partial charge in [-0.25, -0.2) is 0 Å². The molecule has 1 aliphatic rings. The Morgan fingerprint density at radius 3 is 2.84 bits per heavy atom. The maximum absolute atomic E-state index is 11.9. The Kier molecular flexibility index (Phi) is 4.90. The van der Waals surface area contributed by atoms with Crippen molar-refractivity contribution in [2.24, 2.45) is 0 Å². The predicted octanol–water partition coefficient (Wildman–Crippen LogP) is 0.345. The second-order valence-electron chi connectivity index (χ2n) is 4.72. The fourth-order valence-corrected chi connectivity index (χ4v) is 1.96. The fraction of sp³-hybridized carbons (Fsp3) is 0.500. The first kappa shape index (κ1) is 14.0. The molecule has 1 amide bonds. The Hall–Kier alpha value is -1.43. The summed E-state index contributed by atoms with van der Waals surface area (Å²) in [6.45, 7) is 4.00. The van der Waals surface area contributed by atoms with Crippen molar-refractivity contribution >= 4 is 5.91 Å². The Labute approximate surface area is 113 Å². The van der Waals surface area contributed by atoms with Gasteiger partial charge in [-0.05, 0) is 18.1 Å². The highest BCUT2D eigenvalue weighted by molar-refractivity contribution is 5.81. The molecule has 5 heteroatoms. The topological polar surface area (TPSA) is 70.6 Å². The quantitative estimate of drug-likeness (QED) is 0.733. The summed E-state index contributed by atoms with van der Waals surface area (Å²) in [6, 6.07) is 7.30. The second kappa shape index (κ2) is 6.65. The van der Waals surface area contributed by atoms with Crippen molar-refractivity contribution < 1.29 is 14.6 Å². The lowest BCUT2D eigenvalue weighted by Crippen LogP contribution is -2.51. The van der Waals surface area contributed by atoms with Crippen LogP contribution in [0.3, 0.4) is 0 Å². The molecule has 0 radical (unpaired) electrons. The van der Waals surface area contributed by atoms with Crippen LogP contribution in [0, 0.1) is 0 Å². The first-order chi connectivity index (χ1) is 9.16. The number of benzene rings is 1. The van der Waals surface area contributed by atoms with Crippen LogP contribution in [0.1, 0.15) is 24.2 Å². The number of nitrogens with one attached hydrogen (secondary N) is 2. The minimum absolute atomic E-state index is 0.0423. The Morgan fingerprint density at radius 2 is 2.26 bits per heavy atom. The summed E-state index contributed by atoms with van der Waals surface area (Å²) in [4.78, 5) is 11.9. The summed E-state index contributed by atoms with van der Waals surface area (Å²) >= 11 is 0. The molecule has 1 fully saturated rings. The first-order valence-electron chi connectivity index (χ1n) is 6.52. The number of amides is 1. The van der Waals surface area contributed by atoms with Crippen molar-refractivity contribution in [2.45, 2.75) is 25.6 Å². The van der Waals surface area contributed by atoms with Gasteiger partial charge in [0.15, 0.2) is 0 Å². The second-order valence-corrected chi connectivity index (χ2v) is 4.72. The molecule has 5 nitrogen and oxygen atoms in total. The van der Waals surface area contributed by atoms with Gasteiger partial charge in [-0.2, -0.15) is 0 Å².